The molecule has 0 amide bonds. The van der Waals surface area contributed by atoms with Crippen LogP contribution in [0.4, 0.5) is 0 Å². The van der Waals surface area contributed by atoms with E-state index in [0.29, 0.717) is 5.92 Å². The zero-order valence-electron chi connectivity index (χ0n) is 9.53. The molecule has 0 saturated carbocycles. The number of nitrogens with one attached hydrogen (secondary N) is 2. The van der Waals surface area contributed by atoms with Gasteiger partial charge in [0.2, 0.25) is 0 Å². The number of rotatable bonds is 5. The van der Waals surface area contributed by atoms with Crippen molar-refractivity contribution in [3.63, 3.8) is 0 Å². The molecule has 0 aromatic carbocycles. The molecule has 4 nitrogen and oxygen atoms in total. The molecular weight excluding hydrogens is 220 g/mol. The second-order valence-corrected chi connectivity index (χ2v) is 4.82. The van der Waals surface area contributed by atoms with Gasteiger partial charge in [-0.2, -0.15) is 0 Å². The molecule has 1 atom stereocenters. The summed E-state index contributed by atoms with van der Waals surface area (Å²) in [5.74, 6) is 1.42. The molecule has 2 rings (SSSR count). The Balaban J connectivity index is 1.76. The Morgan fingerprint density at radius 3 is 3.00 bits per heavy atom. The van der Waals surface area contributed by atoms with E-state index in [1.807, 2.05) is 24.7 Å². The minimum atomic E-state index is 0.462. The van der Waals surface area contributed by atoms with Crippen molar-refractivity contribution in [2.24, 2.45) is 0 Å². The zero-order chi connectivity index (χ0) is 11.4. The predicted octanol–water partition coefficient (Wildman–Crippen LogP) is 2.07. The highest BCUT2D eigenvalue weighted by Gasteiger charge is 2.07. The molecule has 0 fully saturated rings. The molecule has 0 saturated heterocycles. The summed E-state index contributed by atoms with van der Waals surface area (Å²) in [6, 6.07) is 0. The van der Waals surface area contributed by atoms with Crippen molar-refractivity contribution in [3.8, 4) is 0 Å². The van der Waals surface area contributed by atoms with Crippen LogP contribution in [-0.2, 0) is 6.54 Å². The lowest BCUT2D eigenvalue weighted by molar-refractivity contribution is 0.607. The van der Waals surface area contributed by atoms with Crippen LogP contribution in [0.3, 0.4) is 0 Å². The van der Waals surface area contributed by atoms with Crippen LogP contribution in [0.25, 0.3) is 0 Å². The Labute approximate surface area is 99.2 Å². The summed E-state index contributed by atoms with van der Waals surface area (Å²) in [4.78, 5) is 11.7. The molecule has 16 heavy (non-hydrogen) atoms. The van der Waals surface area contributed by atoms with Crippen molar-refractivity contribution in [1.82, 2.24) is 20.3 Å². The van der Waals surface area contributed by atoms with E-state index in [0.717, 1.165) is 24.6 Å². The van der Waals surface area contributed by atoms with Gasteiger partial charge in [0, 0.05) is 42.5 Å². The molecule has 86 valence electrons. The van der Waals surface area contributed by atoms with E-state index in [2.05, 4.69) is 27.2 Å². The Kier molecular flexibility index (Phi) is 3.69. The third kappa shape index (κ3) is 2.90. The first-order valence-corrected chi connectivity index (χ1v) is 6.24. The number of nitrogens with zero attached hydrogens (tertiary/aromatic N) is 2. The summed E-state index contributed by atoms with van der Waals surface area (Å²) >= 11 is 1.71. The maximum Gasteiger partial charge on any atom is 0.103 e. The van der Waals surface area contributed by atoms with E-state index in [1.165, 1.54) is 5.01 Å². The first kappa shape index (κ1) is 11.3. The van der Waals surface area contributed by atoms with Gasteiger partial charge in [0.15, 0.2) is 0 Å². The molecule has 5 heteroatoms. The van der Waals surface area contributed by atoms with E-state index in [4.69, 9.17) is 0 Å². The molecule has 0 aliphatic heterocycles. The lowest BCUT2D eigenvalue weighted by Gasteiger charge is -2.08. The molecule has 2 aromatic heterocycles. The lowest BCUT2D eigenvalue weighted by Crippen LogP contribution is -2.19. The standard InChI is InChI=1S/C11H16N4S/c1-8(11-13-3-4-16-11)5-12-6-10-7-14-9(2)15-10/h3-4,7-8,12H,5-6H2,1-2H3,(H,14,15). The topological polar surface area (TPSA) is 53.6 Å². The summed E-state index contributed by atoms with van der Waals surface area (Å²) in [6.45, 7) is 5.91. The Morgan fingerprint density at radius 2 is 2.38 bits per heavy atom. The number of hydrogen-bond acceptors (Lipinski definition) is 4. The van der Waals surface area contributed by atoms with Crippen LogP contribution in [0, 0.1) is 6.92 Å². The third-order valence-electron chi connectivity index (χ3n) is 2.39. The second-order valence-electron chi connectivity index (χ2n) is 3.90. The van der Waals surface area contributed by atoms with Crippen molar-refractivity contribution in [2.75, 3.05) is 6.54 Å². The van der Waals surface area contributed by atoms with Crippen molar-refractivity contribution in [3.05, 3.63) is 34.3 Å². The fourth-order valence-electron chi connectivity index (χ4n) is 1.55. The Morgan fingerprint density at radius 1 is 1.50 bits per heavy atom. The number of imidazole rings is 1. The van der Waals surface area contributed by atoms with Crippen LogP contribution in [0.15, 0.2) is 17.8 Å². The smallest absolute Gasteiger partial charge is 0.103 e. The van der Waals surface area contributed by atoms with Gasteiger partial charge in [-0.15, -0.1) is 11.3 Å². The molecular formula is C11H16N4S. The molecule has 0 bridgehead atoms. The number of aryl methyl sites for hydroxylation is 1. The summed E-state index contributed by atoms with van der Waals surface area (Å²) in [7, 11) is 0. The average molecular weight is 236 g/mol. The minimum Gasteiger partial charge on any atom is -0.345 e. The van der Waals surface area contributed by atoms with Gasteiger partial charge in [-0.05, 0) is 6.92 Å². The van der Waals surface area contributed by atoms with Crippen molar-refractivity contribution in [1.29, 1.82) is 0 Å². The van der Waals surface area contributed by atoms with Crippen molar-refractivity contribution in [2.45, 2.75) is 26.3 Å². The fraction of sp³-hybridized carbons (Fsp3) is 0.455. The number of H-pyrrole nitrogens is 1. The van der Waals surface area contributed by atoms with Gasteiger partial charge in [0.25, 0.3) is 0 Å². The minimum absolute atomic E-state index is 0.462. The zero-order valence-corrected chi connectivity index (χ0v) is 10.3. The third-order valence-corrected chi connectivity index (χ3v) is 3.40. The van der Waals surface area contributed by atoms with E-state index in [9.17, 15) is 0 Å². The van der Waals surface area contributed by atoms with Gasteiger partial charge in [0.05, 0.1) is 5.01 Å². The normalized spacial score (nSPS) is 12.9. The lowest BCUT2D eigenvalue weighted by atomic mass is 10.2. The van der Waals surface area contributed by atoms with Crippen LogP contribution < -0.4 is 5.32 Å². The highest BCUT2D eigenvalue weighted by Crippen LogP contribution is 2.16. The number of thiazole rings is 1. The molecule has 2 aromatic rings. The van der Waals surface area contributed by atoms with E-state index in [1.54, 1.807) is 11.3 Å². The van der Waals surface area contributed by atoms with Crippen LogP contribution in [-0.4, -0.2) is 21.5 Å². The van der Waals surface area contributed by atoms with Gasteiger partial charge in [-0.1, -0.05) is 6.92 Å². The highest BCUT2D eigenvalue weighted by atomic mass is 32.1. The molecule has 2 N–H and O–H groups in total. The summed E-state index contributed by atoms with van der Waals surface area (Å²) in [5.41, 5.74) is 1.13. The van der Waals surface area contributed by atoms with Crippen LogP contribution in [0.1, 0.15) is 29.4 Å². The van der Waals surface area contributed by atoms with E-state index in [-0.39, 0.29) is 0 Å². The fourth-order valence-corrected chi connectivity index (χ4v) is 2.25. The molecule has 2 heterocycles. The van der Waals surface area contributed by atoms with Crippen molar-refractivity contribution >= 4 is 11.3 Å². The van der Waals surface area contributed by atoms with Gasteiger partial charge >= 0.3 is 0 Å². The average Bonchev–Trinajstić information content (AvgIpc) is 2.89. The van der Waals surface area contributed by atoms with E-state index < -0.39 is 0 Å². The van der Waals surface area contributed by atoms with Gasteiger partial charge in [0.1, 0.15) is 5.82 Å². The second kappa shape index (κ2) is 5.23. The van der Waals surface area contributed by atoms with Gasteiger partial charge in [-0.3, -0.25) is 0 Å². The molecule has 0 radical (unpaired) electrons. The molecule has 0 aliphatic rings. The SMILES string of the molecule is Cc1ncc(CNCC(C)c2nccs2)[nH]1. The number of hydrogen-bond donors (Lipinski definition) is 2. The quantitative estimate of drug-likeness (QED) is 0.835. The summed E-state index contributed by atoms with van der Waals surface area (Å²) in [5, 5.41) is 6.60. The number of aromatic nitrogens is 3. The predicted molar refractivity (Wildman–Crippen MR) is 65.6 cm³/mol. The maximum atomic E-state index is 4.30. The van der Waals surface area contributed by atoms with Crippen LogP contribution in [0.2, 0.25) is 0 Å². The van der Waals surface area contributed by atoms with Crippen molar-refractivity contribution < 1.29 is 0 Å². The summed E-state index contributed by atoms with van der Waals surface area (Å²) < 4.78 is 0. The molecule has 0 spiro atoms. The number of aromatic amines is 1. The Hall–Kier alpha value is -1.20. The molecule has 1 unspecified atom stereocenters. The molecule has 0 aliphatic carbocycles. The first-order valence-electron chi connectivity index (χ1n) is 5.36. The van der Waals surface area contributed by atoms with Crippen LogP contribution in [0.5, 0.6) is 0 Å². The van der Waals surface area contributed by atoms with Gasteiger partial charge in [-0.25, -0.2) is 9.97 Å². The van der Waals surface area contributed by atoms with Crippen LogP contribution >= 0.6 is 11.3 Å². The first-order chi connectivity index (χ1) is 7.75. The monoisotopic (exact) mass is 236 g/mol. The van der Waals surface area contributed by atoms with E-state index >= 15 is 0 Å². The van der Waals surface area contributed by atoms with Gasteiger partial charge < -0.3 is 10.3 Å². The largest absolute Gasteiger partial charge is 0.345 e. The summed E-state index contributed by atoms with van der Waals surface area (Å²) in [6.07, 6.45) is 3.73. The Bertz CT molecular complexity index is 421. The maximum absolute atomic E-state index is 4.30. The highest BCUT2D eigenvalue weighted by molar-refractivity contribution is 7.09.